The third kappa shape index (κ3) is 5.59. The predicted octanol–water partition coefficient (Wildman–Crippen LogP) is 3.86. The molecule has 1 saturated carbocycles. The number of hydrogen-bond acceptors (Lipinski definition) is 8. The largest absolute Gasteiger partial charge is 0.466 e. The van der Waals surface area contributed by atoms with Gasteiger partial charge in [0.1, 0.15) is 0 Å². The third-order valence-corrected chi connectivity index (χ3v) is 6.03. The van der Waals surface area contributed by atoms with Crippen molar-refractivity contribution >= 4 is 23.4 Å². The zero-order valence-electron chi connectivity index (χ0n) is 19.2. The second-order valence-corrected chi connectivity index (χ2v) is 8.14. The van der Waals surface area contributed by atoms with Crippen molar-refractivity contribution in [2.75, 3.05) is 13.7 Å². The van der Waals surface area contributed by atoms with Gasteiger partial charge in [0, 0.05) is 29.9 Å². The Hall–Kier alpha value is -3.75. The second-order valence-electron chi connectivity index (χ2n) is 8.14. The van der Waals surface area contributed by atoms with Gasteiger partial charge in [-0.25, -0.2) is 9.59 Å². The molecular formula is C25H28N2O7. The van der Waals surface area contributed by atoms with E-state index in [0.29, 0.717) is 5.56 Å². The van der Waals surface area contributed by atoms with Gasteiger partial charge in [-0.1, -0.05) is 31.4 Å². The minimum atomic E-state index is -0.989. The summed E-state index contributed by atoms with van der Waals surface area (Å²) in [5.74, 6) is -2.46. The van der Waals surface area contributed by atoms with Gasteiger partial charge in [0.2, 0.25) is 0 Å². The summed E-state index contributed by atoms with van der Waals surface area (Å²) in [6.07, 6.45) is 9.17. The molecule has 1 unspecified atom stereocenters. The second kappa shape index (κ2) is 11.4. The Morgan fingerprint density at radius 2 is 1.91 bits per heavy atom. The molecule has 1 atom stereocenters. The number of nitro benzene ring substituents is 1. The Kier molecular flexibility index (Phi) is 8.34. The van der Waals surface area contributed by atoms with E-state index in [1.54, 1.807) is 13.0 Å². The third-order valence-electron chi connectivity index (χ3n) is 6.03. The highest BCUT2D eigenvalue weighted by Crippen LogP contribution is 2.38. The molecule has 0 saturated heterocycles. The maximum absolute atomic E-state index is 13.1. The predicted molar refractivity (Wildman–Crippen MR) is 123 cm³/mol. The van der Waals surface area contributed by atoms with Crippen molar-refractivity contribution in [1.29, 1.82) is 0 Å². The Morgan fingerprint density at radius 3 is 2.56 bits per heavy atom. The number of methoxy groups -OCH3 is 1. The maximum Gasteiger partial charge on any atom is 0.337 e. The molecule has 9 heteroatoms. The number of nitrogens with one attached hydrogen (secondary N) is 1. The number of non-ortho nitro benzene ring substituents is 1. The van der Waals surface area contributed by atoms with Gasteiger partial charge in [-0.15, -0.1) is 0 Å². The van der Waals surface area contributed by atoms with Crippen LogP contribution in [0.4, 0.5) is 5.69 Å². The van der Waals surface area contributed by atoms with Crippen molar-refractivity contribution in [1.82, 2.24) is 5.32 Å². The molecule has 1 aromatic carbocycles. The SMILES string of the molecule is CCOC(=O)C1=C(C=CC(=O)C2CCCCC2)NC=C(C(=O)OC)C1c1cccc([N+](=O)[O-])c1. The zero-order valence-corrected chi connectivity index (χ0v) is 19.2. The summed E-state index contributed by atoms with van der Waals surface area (Å²) in [6, 6.07) is 5.70. The highest BCUT2D eigenvalue weighted by Gasteiger charge is 2.37. The van der Waals surface area contributed by atoms with E-state index in [4.69, 9.17) is 9.47 Å². The van der Waals surface area contributed by atoms with E-state index in [1.165, 1.54) is 43.7 Å². The van der Waals surface area contributed by atoms with Crippen LogP contribution in [0.2, 0.25) is 0 Å². The lowest BCUT2D eigenvalue weighted by Gasteiger charge is -2.27. The summed E-state index contributed by atoms with van der Waals surface area (Å²) in [7, 11) is 1.21. The normalized spacial score (nSPS) is 18.8. The highest BCUT2D eigenvalue weighted by molar-refractivity contribution is 6.00. The smallest absolute Gasteiger partial charge is 0.337 e. The lowest BCUT2D eigenvalue weighted by Crippen LogP contribution is -2.30. The van der Waals surface area contributed by atoms with E-state index in [2.05, 4.69) is 5.32 Å². The first-order valence-corrected chi connectivity index (χ1v) is 11.3. The fraction of sp³-hybridized carbons (Fsp3) is 0.400. The summed E-state index contributed by atoms with van der Waals surface area (Å²) in [5, 5.41) is 14.3. The molecule has 1 heterocycles. The van der Waals surface area contributed by atoms with Gasteiger partial charge in [0.05, 0.1) is 35.7 Å². The van der Waals surface area contributed by atoms with Crippen LogP contribution >= 0.6 is 0 Å². The Balaban J connectivity index is 2.09. The molecule has 1 N–H and O–H groups in total. The molecular weight excluding hydrogens is 440 g/mol. The van der Waals surface area contributed by atoms with Crippen LogP contribution in [-0.2, 0) is 23.9 Å². The molecule has 34 heavy (non-hydrogen) atoms. The van der Waals surface area contributed by atoms with Crippen molar-refractivity contribution in [3.63, 3.8) is 0 Å². The van der Waals surface area contributed by atoms with Crippen LogP contribution in [0.15, 0.2) is 59.5 Å². The lowest BCUT2D eigenvalue weighted by molar-refractivity contribution is -0.384. The van der Waals surface area contributed by atoms with E-state index < -0.39 is 22.8 Å². The maximum atomic E-state index is 13.1. The summed E-state index contributed by atoms with van der Waals surface area (Å²) < 4.78 is 10.1. The van der Waals surface area contributed by atoms with E-state index in [0.717, 1.165) is 32.1 Å². The van der Waals surface area contributed by atoms with Gasteiger partial charge >= 0.3 is 11.9 Å². The van der Waals surface area contributed by atoms with E-state index in [-0.39, 0.29) is 40.8 Å². The molecule has 9 nitrogen and oxygen atoms in total. The van der Waals surface area contributed by atoms with Crippen LogP contribution in [0.5, 0.6) is 0 Å². The number of dihydropyridines is 1. The van der Waals surface area contributed by atoms with Crippen LogP contribution in [0.1, 0.15) is 50.5 Å². The molecule has 1 aromatic rings. The lowest BCUT2D eigenvalue weighted by atomic mass is 9.81. The number of hydrogen-bond donors (Lipinski definition) is 1. The van der Waals surface area contributed by atoms with Crippen molar-refractivity contribution in [3.8, 4) is 0 Å². The van der Waals surface area contributed by atoms with Crippen molar-refractivity contribution < 1.29 is 28.8 Å². The number of allylic oxidation sites excluding steroid dienone is 2. The Morgan fingerprint density at radius 1 is 1.18 bits per heavy atom. The molecule has 0 aromatic heterocycles. The Bertz CT molecular complexity index is 1060. The summed E-state index contributed by atoms with van der Waals surface area (Å²) in [6.45, 7) is 1.73. The number of carbonyl (C=O) groups is 3. The quantitative estimate of drug-likeness (QED) is 0.264. The van der Waals surface area contributed by atoms with E-state index >= 15 is 0 Å². The number of nitro groups is 1. The van der Waals surface area contributed by atoms with Crippen LogP contribution in [0.3, 0.4) is 0 Å². The van der Waals surface area contributed by atoms with Crippen LogP contribution in [0.25, 0.3) is 0 Å². The van der Waals surface area contributed by atoms with Gasteiger partial charge in [0.25, 0.3) is 5.69 Å². The molecule has 1 aliphatic heterocycles. The highest BCUT2D eigenvalue weighted by atomic mass is 16.6. The first-order chi connectivity index (χ1) is 16.4. The molecule has 0 radical (unpaired) electrons. The standard InChI is InChI=1S/C25H28N2O7/c1-3-34-25(30)23-20(12-13-21(28)16-8-5-4-6-9-16)26-15-19(24(29)33-2)22(23)17-10-7-11-18(14-17)27(31)32/h7,10-16,22,26H,3-6,8-9H2,1-2H3. The Labute approximate surface area is 197 Å². The topological polar surface area (TPSA) is 125 Å². The van der Waals surface area contributed by atoms with Gasteiger partial charge < -0.3 is 14.8 Å². The van der Waals surface area contributed by atoms with E-state index in [1.807, 2.05) is 0 Å². The fourth-order valence-corrected chi connectivity index (χ4v) is 4.35. The molecule has 2 aliphatic rings. The molecule has 3 rings (SSSR count). The van der Waals surface area contributed by atoms with Gasteiger partial charge in [0.15, 0.2) is 5.78 Å². The first-order valence-electron chi connectivity index (χ1n) is 11.3. The monoisotopic (exact) mass is 468 g/mol. The van der Waals surface area contributed by atoms with Crippen molar-refractivity contribution in [2.45, 2.75) is 44.9 Å². The van der Waals surface area contributed by atoms with Crippen molar-refractivity contribution in [3.05, 3.63) is 75.1 Å². The zero-order chi connectivity index (χ0) is 24.7. The molecule has 180 valence electrons. The number of rotatable bonds is 8. The minimum absolute atomic E-state index is 0.0214. The van der Waals surface area contributed by atoms with Gasteiger partial charge in [-0.2, -0.15) is 0 Å². The first kappa shape index (κ1) is 24.9. The number of carbonyl (C=O) groups excluding carboxylic acids is 3. The average molecular weight is 469 g/mol. The number of nitrogens with zero attached hydrogens (tertiary/aromatic N) is 1. The summed E-state index contributed by atoms with van der Waals surface area (Å²) >= 11 is 0. The van der Waals surface area contributed by atoms with Crippen molar-refractivity contribution in [2.24, 2.45) is 5.92 Å². The van der Waals surface area contributed by atoms with Crippen LogP contribution < -0.4 is 5.32 Å². The number of benzene rings is 1. The molecule has 0 amide bonds. The van der Waals surface area contributed by atoms with E-state index in [9.17, 15) is 24.5 Å². The fourth-order valence-electron chi connectivity index (χ4n) is 4.35. The van der Waals surface area contributed by atoms with Crippen LogP contribution in [-0.4, -0.2) is 36.4 Å². The molecule has 1 aliphatic carbocycles. The number of ketones is 1. The van der Waals surface area contributed by atoms with Gasteiger partial charge in [-0.3, -0.25) is 14.9 Å². The average Bonchev–Trinajstić information content (AvgIpc) is 2.86. The van der Waals surface area contributed by atoms with Gasteiger partial charge in [-0.05, 0) is 37.5 Å². The number of ether oxygens (including phenoxy) is 2. The van der Waals surface area contributed by atoms with Crippen LogP contribution in [0, 0.1) is 16.0 Å². The summed E-state index contributed by atoms with van der Waals surface area (Å²) in [5.41, 5.74) is 0.597. The molecule has 0 spiro atoms. The minimum Gasteiger partial charge on any atom is -0.466 e. The molecule has 1 fully saturated rings. The summed E-state index contributed by atoms with van der Waals surface area (Å²) in [4.78, 5) is 49.1. The molecule has 0 bridgehead atoms. The number of esters is 2.